The Morgan fingerprint density at radius 1 is 1.10 bits per heavy atom. The standard InChI is InChI=1S/C22H22Cl2N4O2/c23-18-2-1-15(13-19(18)24)4-9-28-10-5-16(14-21(28)29)20-3-8-25-22(27-20)26-17-6-11-30-12-7-17/h1-3,5,8,10,13-14,17H,4,6-7,9,11-12H2,(H,25,26,27). The molecule has 4 rings (SSSR count). The molecule has 1 N–H and O–H groups in total. The lowest BCUT2D eigenvalue weighted by Crippen LogP contribution is -2.28. The van der Waals surface area contributed by atoms with Crippen molar-refractivity contribution in [1.29, 1.82) is 0 Å². The molecule has 1 saturated heterocycles. The third kappa shape index (κ3) is 5.19. The Morgan fingerprint density at radius 3 is 2.70 bits per heavy atom. The second-order valence-corrected chi connectivity index (χ2v) is 8.06. The highest BCUT2D eigenvalue weighted by Crippen LogP contribution is 2.23. The van der Waals surface area contributed by atoms with Crippen molar-refractivity contribution in [3.8, 4) is 11.3 Å². The molecule has 0 saturated carbocycles. The Morgan fingerprint density at radius 2 is 1.93 bits per heavy atom. The van der Waals surface area contributed by atoms with Gasteiger partial charge in [-0.25, -0.2) is 9.97 Å². The fourth-order valence-corrected chi connectivity index (χ4v) is 3.73. The molecule has 0 radical (unpaired) electrons. The third-order valence-electron chi connectivity index (χ3n) is 5.13. The summed E-state index contributed by atoms with van der Waals surface area (Å²) >= 11 is 12.0. The molecule has 0 amide bonds. The van der Waals surface area contributed by atoms with Crippen LogP contribution >= 0.6 is 23.2 Å². The number of nitrogens with one attached hydrogen (secondary N) is 1. The van der Waals surface area contributed by atoms with Gasteiger partial charge >= 0.3 is 0 Å². The summed E-state index contributed by atoms with van der Waals surface area (Å²) in [6.07, 6.45) is 6.05. The van der Waals surface area contributed by atoms with Crippen LogP contribution in [0.3, 0.4) is 0 Å². The first-order valence-corrected chi connectivity index (χ1v) is 10.7. The van der Waals surface area contributed by atoms with Gasteiger partial charge in [0.2, 0.25) is 5.95 Å². The highest BCUT2D eigenvalue weighted by molar-refractivity contribution is 6.42. The average molecular weight is 445 g/mol. The van der Waals surface area contributed by atoms with Crippen LogP contribution in [0.1, 0.15) is 18.4 Å². The number of halogens is 2. The quantitative estimate of drug-likeness (QED) is 0.608. The molecule has 0 bridgehead atoms. The van der Waals surface area contributed by atoms with Crippen LogP contribution in [-0.2, 0) is 17.7 Å². The fourth-order valence-electron chi connectivity index (χ4n) is 3.41. The lowest BCUT2D eigenvalue weighted by atomic mass is 10.1. The molecule has 3 aromatic rings. The lowest BCUT2D eigenvalue weighted by Gasteiger charge is -2.23. The van der Waals surface area contributed by atoms with Crippen LogP contribution in [0.25, 0.3) is 11.3 Å². The van der Waals surface area contributed by atoms with Gasteiger partial charge in [-0.15, -0.1) is 0 Å². The molecule has 8 heteroatoms. The van der Waals surface area contributed by atoms with Crippen molar-refractivity contribution in [2.24, 2.45) is 0 Å². The molecule has 2 aromatic heterocycles. The molecule has 1 fully saturated rings. The normalized spacial score (nSPS) is 14.6. The summed E-state index contributed by atoms with van der Waals surface area (Å²) in [7, 11) is 0. The zero-order chi connectivity index (χ0) is 20.9. The summed E-state index contributed by atoms with van der Waals surface area (Å²) in [5.41, 5.74) is 2.43. The Hall–Kier alpha value is -2.41. The average Bonchev–Trinajstić information content (AvgIpc) is 2.76. The number of rotatable bonds is 6. The molecule has 1 aliphatic heterocycles. The minimum absolute atomic E-state index is 0.0786. The number of hydrogen-bond donors (Lipinski definition) is 1. The van der Waals surface area contributed by atoms with Gasteiger partial charge in [-0.1, -0.05) is 29.3 Å². The van der Waals surface area contributed by atoms with Crippen LogP contribution in [0.5, 0.6) is 0 Å². The number of aryl methyl sites for hydroxylation is 2. The van der Waals surface area contributed by atoms with E-state index in [2.05, 4.69) is 15.3 Å². The number of ether oxygens (including phenoxy) is 1. The largest absolute Gasteiger partial charge is 0.381 e. The fraction of sp³-hybridized carbons (Fsp3) is 0.318. The van der Waals surface area contributed by atoms with E-state index in [0.29, 0.717) is 40.7 Å². The molecule has 1 aliphatic rings. The van der Waals surface area contributed by atoms with E-state index in [0.717, 1.165) is 37.2 Å². The first-order valence-electron chi connectivity index (χ1n) is 9.90. The van der Waals surface area contributed by atoms with E-state index in [1.54, 1.807) is 29.1 Å². The summed E-state index contributed by atoms with van der Waals surface area (Å²) in [6, 6.07) is 11.1. The summed E-state index contributed by atoms with van der Waals surface area (Å²) in [5, 5.41) is 4.40. The van der Waals surface area contributed by atoms with Gasteiger partial charge in [0.1, 0.15) is 0 Å². The van der Waals surface area contributed by atoms with Crippen molar-refractivity contribution >= 4 is 29.2 Å². The summed E-state index contributed by atoms with van der Waals surface area (Å²) < 4.78 is 7.06. The van der Waals surface area contributed by atoms with E-state index >= 15 is 0 Å². The van der Waals surface area contributed by atoms with Crippen LogP contribution in [-0.4, -0.2) is 33.8 Å². The molecule has 1 aromatic carbocycles. The minimum Gasteiger partial charge on any atom is -0.381 e. The van der Waals surface area contributed by atoms with E-state index < -0.39 is 0 Å². The van der Waals surface area contributed by atoms with Gasteiger partial charge in [0.25, 0.3) is 5.56 Å². The van der Waals surface area contributed by atoms with Crippen LogP contribution in [0.15, 0.2) is 53.6 Å². The van der Waals surface area contributed by atoms with Crippen molar-refractivity contribution in [2.45, 2.75) is 31.8 Å². The van der Waals surface area contributed by atoms with Gasteiger partial charge in [0, 0.05) is 49.8 Å². The van der Waals surface area contributed by atoms with Crippen molar-refractivity contribution in [3.63, 3.8) is 0 Å². The molecular weight excluding hydrogens is 423 g/mol. The summed E-state index contributed by atoms with van der Waals surface area (Å²) in [6.45, 7) is 2.05. The number of aromatic nitrogens is 3. The first kappa shape index (κ1) is 20.8. The summed E-state index contributed by atoms with van der Waals surface area (Å²) in [5.74, 6) is 0.572. The molecule has 0 unspecified atom stereocenters. The Balaban J connectivity index is 1.45. The molecule has 0 atom stereocenters. The highest BCUT2D eigenvalue weighted by Gasteiger charge is 2.15. The van der Waals surface area contributed by atoms with Gasteiger partial charge in [-0.3, -0.25) is 4.79 Å². The molecule has 6 nitrogen and oxygen atoms in total. The SMILES string of the molecule is O=c1cc(-c2ccnc(NC3CCOCC3)n2)ccn1CCc1ccc(Cl)c(Cl)c1. The number of hydrogen-bond acceptors (Lipinski definition) is 5. The Labute approximate surface area is 184 Å². The highest BCUT2D eigenvalue weighted by atomic mass is 35.5. The molecule has 0 aliphatic carbocycles. The predicted molar refractivity (Wildman–Crippen MR) is 119 cm³/mol. The van der Waals surface area contributed by atoms with Crippen molar-refractivity contribution in [2.75, 3.05) is 18.5 Å². The third-order valence-corrected chi connectivity index (χ3v) is 5.87. The summed E-state index contributed by atoms with van der Waals surface area (Å²) in [4.78, 5) is 21.5. The zero-order valence-corrected chi connectivity index (χ0v) is 17.9. The van der Waals surface area contributed by atoms with Crippen LogP contribution in [0.2, 0.25) is 10.0 Å². The lowest BCUT2D eigenvalue weighted by molar-refractivity contribution is 0.0903. The number of pyridine rings is 1. The maximum atomic E-state index is 12.6. The predicted octanol–water partition coefficient (Wildman–Crippen LogP) is 4.45. The molecule has 30 heavy (non-hydrogen) atoms. The van der Waals surface area contributed by atoms with E-state index in [1.807, 2.05) is 24.3 Å². The molecular formula is C22H22Cl2N4O2. The zero-order valence-electron chi connectivity index (χ0n) is 16.4. The molecule has 156 valence electrons. The van der Waals surface area contributed by atoms with Crippen LogP contribution in [0.4, 0.5) is 5.95 Å². The Bertz CT molecular complexity index is 1080. The van der Waals surface area contributed by atoms with E-state index in [1.165, 1.54) is 0 Å². The topological polar surface area (TPSA) is 69.0 Å². The van der Waals surface area contributed by atoms with Gasteiger partial charge < -0.3 is 14.6 Å². The second-order valence-electron chi connectivity index (χ2n) is 7.24. The smallest absolute Gasteiger partial charge is 0.251 e. The van der Waals surface area contributed by atoms with E-state index in [-0.39, 0.29) is 5.56 Å². The first-order chi connectivity index (χ1) is 14.6. The molecule has 0 spiro atoms. The van der Waals surface area contributed by atoms with Gasteiger partial charge in [-0.2, -0.15) is 0 Å². The van der Waals surface area contributed by atoms with Crippen molar-refractivity contribution < 1.29 is 4.74 Å². The number of anilines is 1. The monoisotopic (exact) mass is 444 g/mol. The van der Waals surface area contributed by atoms with Crippen LogP contribution in [0, 0.1) is 0 Å². The molecule has 3 heterocycles. The maximum absolute atomic E-state index is 12.6. The maximum Gasteiger partial charge on any atom is 0.251 e. The number of nitrogens with zero attached hydrogens (tertiary/aromatic N) is 3. The van der Waals surface area contributed by atoms with Gasteiger partial charge in [0.05, 0.1) is 15.7 Å². The van der Waals surface area contributed by atoms with Crippen molar-refractivity contribution in [1.82, 2.24) is 14.5 Å². The minimum atomic E-state index is -0.0786. The van der Waals surface area contributed by atoms with E-state index in [9.17, 15) is 4.79 Å². The Kier molecular flexibility index (Phi) is 6.67. The van der Waals surface area contributed by atoms with Crippen LogP contribution < -0.4 is 10.9 Å². The van der Waals surface area contributed by atoms with Gasteiger partial charge in [-0.05, 0) is 49.1 Å². The van der Waals surface area contributed by atoms with E-state index in [4.69, 9.17) is 27.9 Å². The van der Waals surface area contributed by atoms with Crippen molar-refractivity contribution in [3.05, 3.63) is 74.8 Å². The van der Waals surface area contributed by atoms with Gasteiger partial charge in [0.15, 0.2) is 0 Å². The number of benzene rings is 1. The second kappa shape index (κ2) is 9.60.